The highest BCUT2D eigenvalue weighted by atomic mass is 16.2. The highest BCUT2D eigenvalue weighted by Gasteiger charge is 2.32. The minimum atomic E-state index is -0.129. The number of aromatic amines is 1. The van der Waals surface area contributed by atoms with Gasteiger partial charge >= 0.3 is 0 Å². The maximum absolute atomic E-state index is 13.2. The lowest BCUT2D eigenvalue weighted by molar-refractivity contribution is -0.136. The summed E-state index contributed by atoms with van der Waals surface area (Å²) in [4.78, 5) is 46.6. The van der Waals surface area contributed by atoms with E-state index in [9.17, 15) is 14.4 Å². The fourth-order valence-corrected chi connectivity index (χ4v) is 5.42. The van der Waals surface area contributed by atoms with Crippen molar-refractivity contribution in [1.82, 2.24) is 24.4 Å². The van der Waals surface area contributed by atoms with Crippen molar-refractivity contribution in [2.24, 2.45) is 5.92 Å². The lowest BCUT2D eigenvalue weighted by Crippen LogP contribution is -2.42. The van der Waals surface area contributed by atoms with Crippen molar-refractivity contribution in [3.05, 3.63) is 33.4 Å². The molecule has 160 valence electrons. The predicted octanol–water partition coefficient (Wildman–Crippen LogP) is 2.17. The van der Waals surface area contributed by atoms with Gasteiger partial charge in [0.05, 0.1) is 29.5 Å². The molecule has 0 radical (unpaired) electrons. The van der Waals surface area contributed by atoms with Gasteiger partial charge in [-0.3, -0.25) is 19.5 Å². The summed E-state index contributed by atoms with van der Waals surface area (Å²) < 4.78 is 1.49. The van der Waals surface area contributed by atoms with Gasteiger partial charge in [-0.15, -0.1) is 0 Å². The summed E-state index contributed by atoms with van der Waals surface area (Å²) in [5.41, 5.74) is 2.74. The first-order chi connectivity index (χ1) is 14.5. The van der Waals surface area contributed by atoms with Gasteiger partial charge in [0.1, 0.15) is 0 Å². The largest absolute Gasteiger partial charge is 0.337 e. The lowest BCUT2D eigenvalue weighted by atomic mass is 9.99. The molecule has 0 bridgehead atoms. The Bertz CT molecular complexity index is 1050. The molecule has 1 N–H and O–H groups in total. The Morgan fingerprint density at radius 2 is 1.87 bits per heavy atom. The summed E-state index contributed by atoms with van der Waals surface area (Å²) in [6.07, 6.45) is 7.73. The van der Waals surface area contributed by atoms with Crippen molar-refractivity contribution in [1.29, 1.82) is 0 Å². The summed E-state index contributed by atoms with van der Waals surface area (Å²) >= 11 is 0. The highest BCUT2D eigenvalue weighted by Crippen LogP contribution is 2.31. The first-order valence-electron chi connectivity index (χ1n) is 11.2. The van der Waals surface area contributed by atoms with Gasteiger partial charge in [0.25, 0.3) is 5.56 Å². The van der Waals surface area contributed by atoms with Crippen LogP contribution in [0.2, 0.25) is 0 Å². The number of nitrogens with one attached hydrogen (secondary N) is 1. The number of piperidine rings is 1. The second-order valence-corrected chi connectivity index (χ2v) is 8.96. The maximum atomic E-state index is 13.2. The number of carbonyl (C=O) groups excluding carboxylic acids is 2. The molecule has 8 nitrogen and oxygen atoms in total. The Balaban J connectivity index is 1.47. The number of carbonyl (C=O) groups is 2. The van der Waals surface area contributed by atoms with Gasteiger partial charge in [-0.2, -0.15) is 0 Å². The normalized spacial score (nSPS) is 22.5. The number of hydrogen-bond donors (Lipinski definition) is 1. The van der Waals surface area contributed by atoms with E-state index in [1.165, 1.54) is 4.52 Å². The van der Waals surface area contributed by atoms with Crippen LogP contribution in [0.25, 0.3) is 5.65 Å². The monoisotopic (exact) mass is 411 g/mol. The minimum absolute atomic E-state index is 0.0465. The average molecular weight is 412 g/mol. The van der Waals surface area contributed by atoms with Gasteiger partial charge in [0.2, 0.25) is 11.8 Å². The zero-order chi connectivity index (χ0) is 20.8. The van der Waals surface area contributed by atoms with Crippen molar-refractivity contribution in [3.8, 4) is 0 Å². The number of nitrogens with zero attached hydrogens (tertiary/aromatic N) is 4. The Labute approximate surface area is 175 Å². The summed E-state index contributed by atoms with van der Waals surface area (Å²) in [5.74, 6) is 0.361. The fourth-order valence-electron chi connectivity index (χ4n) is 5.42. The highest BCUT2D eigenvalue weighted by molar-refractivity contribution is 5.79. The first kappa shape index (κ1) is 19.3. The third-order valence-corrected chi connectivity index (χ3v) is 7.06. The smallest absolute Gasteiger partial charge is 0.277 e. The van der Waals surface area contributed by atoms with Crippen LogP contribution in [0.1, 0.15) is 74.9 Å². The van der Waals surface area contributed by atoms with Crippen LogP contribution in [-0.4, -0.2) is 49.3 Å². The minimum Gasteiger partial charge on any atom is -0.337 e. The van der Waals surface area contributed by atoms with E-state index in [2.05, 4.69) is 5.10 Å². The number of aromatic nitrogens is 3. The molecule has 2 fully saturated rings. The van der Waals surface area contributed by atoms with Crippen molar-refractivity contribution in [2.45, 2.75) is 70.9 Å². The molecule has 8 heteroatoms. The maximum Gasteiger partial charge on any atom is 0.277 e. The molecule has 5 rings (SSSR count). The molecule has 1 saturated heterocycles. The van der Waals surface area contributed by atoms with Crippen LogP contribution in [0.3, 0.4) is 0 Å². The molecule has 2 aromatic heterocycles. The average Bonchev–Trinajstić information content (AvgIpc) is 3.43. The van der Waals surface area contributed by atoms with Gasteiger partial charge in [-0.1, -0.05) is 12.8 Å². The molecule has 2 amide bonds. The molecular formula is C22H29N5O3. The third-order valence-electron chi connectivity index (χ3n) is 7.06. The Kier molecular flexibility index (Phi) is 4.87. The molecule has 30 heavy (non-hydrogen) atoms. The van der Waals surface area contributed by atoms with Gasteiger partial charge in [-0.05, 0) is 32.1 Å². The van der Waals surface area contributed by atoms with Crippen LogP contribution in [0.4, 0.5) is 0 Å². The summed E-state index contributed by atoms with van der Waals surface area (Å²) in [5, 5.41) is 3.21. The number of H-pyrrole nitrogens is 1. The molecule has 0 aromatic carbocycles. The molecule has 2 aromatic rings. The Morgan fingerprint density at radius 1 is 1.10 bits per heavy atom. The van der Waals surface area contributed by atoms with Crippen molar-refractivity contribution in [2.75, 3.05) is 13.1 Å². The van der Waals surface area contributed by atoms with Crippen LogP contribution in [0.15, 0.2) is 10.9 Å². The van der Waals surface area contributed by atoms with Crippen molar-refractivity contribution in [3.63, 3.8) is 0 Å². The van der Waals surface area contributed by atoms with Crippen LogP contribution in [0, 0.1) is 5.92 Å². The van der Waals surface area contributed by atoms with Crippen LogP contribution < -0.4 is 5.56 Å². The number of likely N-dealkylation sites (tertiary alicyclic amines) is 1. The summed E-state index contributed by atoms with van der Waals surface area (Å²) in [6, 6.07) is 1.86. The van der Waals surface area contributed by atoms with E-state index in [1.54, 1.807) is 6.92 Å². The van der Waals surface area contributed by atoms with Gasteiger partial charge in [0.15, 0.2) is 5.65 Å². The standard InChI is InChI=1S/C22H29N5O3/c1-14(28)26-10-5-4-8-19(26)18-12-20-23-17-9-11-25(21(29)15-6-2-3-7-15)13-16(17)22(30)27(20)24-18/h12,15,19,24H,2-11,13H2,1H3/t19-/m1/s1. The van der Waals surface area contributed by atoms with E-state index in [1.807, 2.05) is 15.9 Å². The van der Waals surface area contributed by atoms with Crippen LogP contribution in [-0.2, 0) is 22.6 Å². The van der Waals surface area contributed by atoms with Crippen molar-refractivity contribution < 1.29 is 9.59 Å². The molecule has 4 heterocycles. The zero-order valence-corrected chi connectivity index (χ0v) is 17.5. The second-order valence-electron chi connectivity index (χ2n) is 8.96. The molecular weight excluding hydrogens is 382 g/mol. The second kappa shape index (κ2) is 7.56. The molecule has 3 aliphatic rings. The number of amides is 2. The number of rotatable bonds is 2. The van der Waals surface area contributed by atoms with E-state index in [4.69, 9.17) is 4.98 Å². The third kappa shape index (κ3) is 3.22. The van der Waals surface area contributed by atoms with Gasteiger partial charge < -0.3 is 9.80 Å². The van der Waals surface area contributed by atoms with E-state index in [0.717, 1.165) is 62.9 Å². The van der Waals surface area contributed by atoms with E-state index < -0.39 is 0 Å². The van der Waals surface area contributed by atoms with E-state index in [0.29, 0.717) is 30.7 Å². The van der Waals surface area contributed by atoms with Crippen molar-refractivity contribution >= 4 is 17.5 Å². The number of fused-ring (bicyclic) bond motifs is 2. The zero-order valence-electron chi connectivity index (χ0n) is 17.5. The summed E-state index contributed by atoms with van der Waals surface area (Å²) in [7, 11) is 0. The Hall–Kier alpha value is -2.64. The molecule has 1 saturated carbocycles. The first-order valence-corrected chi connectivity index (χ1v) is 11.2. The Morgan fingerprint density at radius 3 is 2.63 bits per heavy atom. The molecule has 0 spiro atoms. The number of hydrogen-bond acceptors (Lipinski definition) is 4. The predicted molar refractivity (Wildman–Crippen MR) is 111 cm³/mol. The SMILES string of the molecule is CC(=O)N1CCCC[C@@H]1c1cc2nc3c(c(=O)n2[nH]1)CN(C(=O)C1CCCC1)CC3. The molecule has 0 unspecified atom stereocenters. The van der Waals surface area contributed by atoms with E-state index >= 15 is 0 Å². The quantitative estimate of drug-likeness (QED) is 0.820. The van der Waals surface area contributed by atoms with Gasteiger partial charge in [0, 0.05) is 38.4 Å². The fraction of sp³-hybridized carbons (Fsp3) is 0.636. The molecule has 1 atom stereocenters. The molecule has 1 aliphatic carbocycles. The lowest BCUT2D eigenvalue weighted by Gasteiger charge is -2.34. The topological polar surface area (TPSA) is 90.8 Å². The van der Waals surface area contributed by atoms with Crippen LogP contribution >= 0.6 is 0 Å². The van der Waals surface area contributed by atoms with Crippen LogP contribution in [0.5, 0.6) is 0 Å². The van der Waals surface area contributed by atoms with Gasteiger partial charge in [-0.25, -0.2) is 9.50 Å². The summed E-state index contributed by atoms with van der Waals surface area (Å²) in [6.45, 7) is 3.31. The molecule has 2 aliphatic heterocycles. The van der Waals surface area contributed by atoms with E-state index in [-0.39, 0.29) is 29.3 Å².